The Labute approximate surface area is 60.9 Å². The van der Waals surface area contributed by atoms with Gasteiger partial charge in [-0.15, -0.1) is 0 Å². The van der Waals surface area contributed by atoms with Crippen molar-refractivity contribution in [1.82, 2.24) is 0 Å². The summed E-state index contributed by atoms with van der Waals surface area (Å²) < 4.78 is 0. The molecule has 0 rings (SSSR count). The number of hydrogen-bond acceptors (Lipinski definition) is 2. The second-order valence-corrected chi connectivity index (χ2v) is 2.35. The van der Waals surface area contributed by atoms with E-state index < -0.39 is 0 Å². The second kappa shape index (κ2) is 4.91. The van der Waals surface area contributed by atoms with E-state index >= 15 is 0 Å². The van der Waals surface area contributed by atoms with Gasteiger partial charge in [0.05, 0.1) is 0 Å². The predicted octanol–water partition coefficient (Wildman–Crippen LogP) is 1.50. The van der Waals surface area contributed by atoms with E-state index in [0.29, 0.717) is 12.8 Å². The van der Waals surface area contributed by atoms with Gasteiger partial charge in [0.25, 0.3) is 0 Å². The molecule has 0 aliphatic carbocycles. The van der Waals surface area contributed by atoms with Crippen LogP contribution in [0.15, 0.2) is 11.1 Å². The van der Waals surface area contributed by atoms with Crippen molar-refractivity contribution in [1.29, 1.82) is 0 Å². The molecule has 0 heterocycles. The lowest BCUT2D eigenvalue weighted by molar-refractivity contribution is -0.107. The quantitative estimate of drug-likeness (QED) is 0.438. The predicted molar refractivity (Wildman–Crippen MR) is 39.7 cm³/mol. The fourth-order valence-electron chi connectivity index (χ4n) is 0.641. The molecule has 0 bridgehead atoms. The van der Waals surface area contributed by atoms with E-state index in [9.17, 15) is 9.59 Å². The zero-order chi connectivity index (χ0) is 7.98. The molecule has 0 radical (unpaired) electrons. The molecular formula is C8H12O2. The molecule has 0 aromatic rings. The Morgan fingerprint density at radius 2 is 1.90 bits per heavy atom. The highest BCUT2D eigenvalue weighted by Crippen LogP contribution is 2.05. The lowest BCUT2D eigenvalue weighted by atomic mass is 10.1. The van der Waals surface area contributed by atoms with Crippen LogP contribution < -0.4 is 0 Å². The van der Waals surface area contributed by atoms with Crippen molar-refractivity contribution in [3.8, 4) is 0 Å². The second-order valence-electron chi connectivity index (χ2n) is 2.35. The van der Waals surface area contributed by atoms with Gasteiger partial charge in [-0.2, -0.15) is 0 Å². The van der Waals surface area contributed by atoms with Crippen LogP contribution in [0.2, 0.25) is 0 Å². The summed E-state index contributed by atoms with van der Waals surface area (Å²) in [4.78, 5) is 20.2. The SMILES string of the molecule is CC(C)=C(C=O)CCC=O. The summed E-state index contributed by atoms with van der Waals surface area (Å²) in [5, 5.41) is 0. The average Bonchev–Trinajstić information content (AvgIpc) is 1.89. The standard InChI is InChI=1S/C8H12O2/c1-7(2)8(6-10)4-3-5-9/h5-6H,3-4H2,1-2H3. The molecule has 0 spiro atoms. The van der Waals surface area contributed by atoms with E-state index in [1.165, 1.54) is 0 Å². The highest BCUT2D eigenvalue weighted by atomic mass is 16.1. The van der Waals surface area contributed by atoms with Gasteiger partial charge in [-0.3, -0.25) is 4.79 Å². The summed E-state index contributed by atoms with van der Waals surface area (Å²) in [6.07, 6.45) is 2.67. The van der Waals surface area contributed by atoms with Gasteiger partial charge < -0.3 is 4.79 Å². The van der Waals surface area contributed by atoms with Gasteiger partial charge in [-0.1, -0.05) is 5.57 Å². The molecule has 10 heavy (non-hydrogen) atoms. The number of carbonyl (C=O) groups excluding carboxylic acids is 2. The molecule has 2 nitrogen and oxygen atoms in total. The molecule has 56 valence electrons. The zero-order valence-corrected chi connectivity index (χ0v) is 6.39. The summed E-state index contributed by atoms with van der Waals surface area (Å²) in [6.45, 7) is 3.74. The minimum Gasteiger partial charge on any atom is -0.303 e. The Kier molecular flexibility index (Phi) is 4.46. The van der Waals surface area contributed by atoms with Crippen LogP contribution in [0, 0.1) is 0 Å². The van der Waals surface area contributed by atoms with Crippen LogP contribution in [0.1, 0.15) is 26.7 Å². The van der Waals surface area contributed by atoms with Crippen molar-refractivity contribution in [3.05, 3.63) is 11.1 Å². The van der Waals surface area contributed by atoms with E-state index in [2.05, 4.69) is 0 Å². The van der Waals surface area contributed by atoms with E-state index in [1.54, 1.807) is 0 Å². The number of carbonyl (C=O) groups is 2. The van der Waals surface area contributed by atoms with Crippen LogP contribution in [0.3, 0.4) is 0 Å². The first-order chi connectivity index (χ1) is 4.72. The number of aldehydes is 2. The minimum atomic E-state index is 0.444. The maximum absolute atomic E-state index is 10.3. The van der Waals surface area contributed by atoms with Crippen molar-refractivity contribution < 1.29 is 9.59 Å². The average molecular weight is 140 g/mol. The first kappa shape index (κ1) is 9.08. The van der Waals surface area contributed by atoms with Crippen molar-refractivity contribution in [3.63, 3.8) is 0 Å². The van der Waals surface area contributed by atoms with E-state index in [1.807, 2.05) is 13.8 Å². The molecule has 0 saturated carbocycles. The van der Waals surface area contributed by atoms with E-state index in [-0.39, 0.29) is 0 Å². The van der Waals surface area contributed by atoms with E-state index in [0.717, 1.165) is 23.7 Å². The lowest BCUT2D eigenvalue weighted by Crippen LogP contribution is -1.88. The highest BCUT2D eigenvalue weighted by molar-refractivity contribution is 5.75. The monoisotopic (exact) mass is 140 g/mol. The number of allylic oxidation sites excluding steroid dienone is 2. The molecule has 0 N–H and O–H groups in total. The maximum Gasteiger partial charge on any atom is 0.145 e. The van der Waals surface area contributed by atoms with Gasteiger partial charge in [-0.25, -0.2) is 0 Å². The number of hydrogen-bond donors (Lipinski definition) is 0. The first-order valence-electron chi connectivity index (χ1n) is 3.27. The van der Waals surface area contributed by atoms with Crippen molar-refractivity contribution in [2.75, 3.05) is 0 Å². The topological polar surface area (TPSA) is 34.1 Å². The summed E-state index contributed by atoms with van der Waals surface area (Å²) in [6, 6.07) is 0. The molecule has 0 fully saturated rings. The molecule has 0 aromatic carbocycles. The molecule has 0 amide bonds. The summed E-state index contributed by atoms with van der Waals surface area (Å²) in [7, 11) is 0. The van der Waals surface area contributed by atoms with Crippen LogP contribution in [0.5, 0.6) is 0 Å². The molecular weight excluding hydrogens is 128 g/mol. The Morgan fingerprint density at radius 1 is 1.30 bits per heavy atom. The Bertz CT molecular complexity index is 153. The summed E-state index contributed by atoms with van der Waals surface area (Å²) in [5.41, 5.74) is 1.74. The van der Waals surface area contributed by atoms with Gasteiger partial charge in [0.15, 0.2) is 0 Å². The van der Waals surface area contributed by atoms with Gasteiger partial charge in [0.2, 0.25) is 0 Å². The summed E-state index contributed by atoms with van der Waals surface area (Å²) in [5.74, 6) is 0. The fourth-order valence-corrected chi connectivity index (χ4v) is 0.641. The van der Waals surface area contributed by atoms with Crippen molar-refractivity contribution in [2.24, 2.45) is 0 Å². The Morgan fingerprint density at radius 3 is 2.20 bits per heavy atom. The van der Waals surface area contributed by atoms with Crippen molar-refractivity contribution >= 4 is 12.6 Å². The zero-order valence-electron chi connectivity index (χ0n) is 6.39. The smallest absolute Gasteiger partial charge is 0.145 e. The fraction of sp³-hybridized carbons (Fsp3) is 0.500. The Balaban J connectivity index is 3.96. The van der Waals surface area contributed by atoms with Gasteiger partial charge in [-0.05, 0) is 25.8 Å². The van der Waals surface area contributed by atoms with Crippen LogP contribution in [0.4, 0.5) is 0 Å². The minimum absolute atomic E-state index is 0.444. The van der Waals surface area contributed by atoms with Gasteiger partial charge >= 0.3 is 0 Å². The van der Waals surface area contributed by atoms with Crippen LogP contribution in [-0.4, -0.2) is 12.6 Å². The van der Waals surface area contributed by atoms with Crippen LogP contribution in [-0.2, 0) is 9.59 Å². The Hall–Kier alpha value is -0.920. The van der Waals surface area contributed by atoms with Gasteiger partial charge in [0, 0.05) is 6.42 Å². The van der Waals surface area contributed by atoms with Crippen LogP contribution in [0.25, 0.3) is 0 Å². The molecule has 2 heteroatoms. The summed E-state index contributed by atoms with van der Waals surface area (Å²) >= 11 is 0. The first-order valence-corrected chi connectivity index (χ1v) is 3.27. The third-order valence-electron chi connectivity index (χ3n) is 1.32. The van der Waals surface area contributed by atoms with Gasteiger partial charge in [0.1, 0.15) is 12.6 Å². The maximum atomic E-state index is 10.3. The molecule has 0 aromatic heterocycles. The van der Waals surface area contributed by atoms with Crippen LogP contribution >= 0.6 is 0 Å². The molecule has 0 atom stereocenters. The lowest BCUT2D eigenvalue weighted by Gasteiger charge is -1.96. The third kappa shape index (κ3) is 3.17. The highest BCUT2D eigenvalue weighted by Gasteiger charge is 1.95. The molecule has 0 unspecified atom stereocenters. The largest absolute Gasteiger partial charge is 0.303 e. The molecule has 0 aliphatic heterocycles. The molecule has 0 aliphatic rings. The van der Waals surface area contributed by atoms with E-state index in [4.69, 9.17) is 0 Å². The normalized spacial score (nSPS) is 8.60. The number of rotatable bonds is 4. The molecule has 0 saturated heterocycles. The van der Waals surface area contributed by atoms with Crippen molar-refractivity contribution in [2.45, 2.75) is 26.7 Å². The third-order valence-corrected chi connectivity index (χ3v) is 1.32.